The zero-order valence-electron chi connectivity index (χ0n) is 8.83. The molecule has 0 fully saturated rings. The third-order valence-corrected chi connectivity index (χ3v) is 2.82. The molecule has 0 aliphatic rings. The summed E-state index contributed by atoms with van der Waals surface area (Å²) < 4.78 is 0. The van der Waals surface area contributed by atoms with Gasteiger partial charge in [-0.15, -0.1) is 10.2 Å². The van der Waals surface area contributed by atoms with Gasteiger partial charge in [-0.1, -0.05) is 50.4 Å². The predicted octanol–water partition coefficient (Wildman–Crippen LogP) is 3.31. The van der Waals surface area contributed by atoms with Crippen LogP contribution >= 0.6 is 11.3 Å². The molecule has 0 unspecified atom stereocenters. The first-order valence-electron chi connectivity index (χ1n) is 5.43. The Labute approximate surface area is 89.9 Å². The number of nitrogens with zero attached hydrogens (tertiary/aromatic N) is 2. The van der Waals surface area contributed by atoms with Gasteiger partial charge in [-0.3, -0.25) is 0 Å². The van der Waals surface area contributed by atoms with Gasteiger partial charge in [0.05, 0.1) is 0 Å². The van der Waals surface area contributed by atoms with E-state index in [1.54, 1.807) is 16.8 Å². The van der Waals surface area contributed by atoms with Crippen molar-refractivity contribution in [2.45, 2.75) is 45.4 Å². The number of rotatable bonds is 8. The van der Waals surface area contributed by atoms with Crippen LogP contribution in [0.3, 0.4) is 0 Å². The average Bonchev–Trinajstić information content (AvgIpc) is 2.69. The fourth-order valence-electron chi connectivity index (χ4n) is 1.35. The summed E-state index contributed by atoms with van der Waals surface area (Å²) in [4.78, 5) is 0. The van der Waals surface area contributed by atoms with Gasteiger partial charge in [0, 0.05) is 6.54 Å². The summed E-state index contributed by atoms with van der Waals surface area (Å²) in [6.45, 7) is 3.28. The number of hydrogen-bond donors (Lipinski definition) is 1. The molecule has 1 aromatic heterocycles. The van der Waals surface area contributed by atoms with Crippen LogP contribution < -0.4 is 5.32 Å². The summed E-state index contributed by atoms with van der Waals surface area (Å²) in [5.74, 6) is 0. The van der Waals surface area contributed by atoms with Gasteiger partial charge in [0.2, 0.25) is 5.13 Å². The van der Waals surface area contributed by atoms with Gasteiger partial charge in [-0.05, 0) is 6.42 Å². The van der Waals surface area contributed by atoms with Crippen molar-refractivity contribution < 1.29 is 0 Å². The molecule has 1 aromatic rings. The van der Waals surface area contributed by atoms with Crippen LogP contribution in [0.5, 0.6) is 0 Å². The number of anilines is 1. The van der Waals surface area contributed by atoms with Crippen molar-refractivity contribution >= 4 is 16.5 Å². The van der Waals surface area contributed by atoms with Gasteiger partial charge < -0.3 is 5.32 Å². The third-order valence-electron chi connectivity index (χ3n) is 2.17. The normalized spacial score (nSPS) is 10.4. The molecule has 1 heterocycles. The van der Waals surface area contributed by atoms with E-state index < -0.39 is 0 Å². The van der Waals surface area contributed by atoms with Crippen LogP contribution in [0, 0.1) is 0 Å². The van der Waals surface area contributed by atoms with E-state index in [9.17, 15) is 0 Å². The number of hydrogen-bond acceptors (Lipinski definition) is 4. The average molecular weight is 213 g/mol. The maximum atomic E-state index is 3.92. The van der Waals surface area contributed by atoms with Crippen molar-refractivity contribution in [1.82, 2.24) is 10.2 Å². The molecule has 1 N–H and O–H groups in total. The quantitative estimate of drug-likeness (QED) is 0.673. The Morgan fingerprint density at radius 3 is 2.71 bits per heavy atom. The Morgan fingerprint density at radius 2 is 2.00 bits per heavy atom. The monoisotopic (exact) mass is 213 g/mol. The van der Waals surface area contributed by atoms with Crippen LogP contribution in [-0.4, -0.2) is 16.7 Å². The first kappa shape index (κ1) is 11.4. The zero-order valence-corrected chi connectivity index (χ0v) is 9.65. The van der Waals surface area contributed by atoms with Gasteiger partial charge in [0.15, 0.2) is 0 Å². The standard InChI is InChI=1S/C10H19N3S/c1-2-3-4-5-6-7-8-11-10-13-12-9-14-10/h9H,2-8H2,1H3,(H,11,13). The molecule has 0 aliphatic carbocycles. The summed E-state index contributed by atoms with van der Waals surface area (Å²) in [6.07, 6.45) is 8.02. The molecule has 0 saturated heterocycles. The minimum absolute atomic E-state index is 0.943. The third kappa shape index (κ3) is 5.17. The molecule has 0 aromatic carbocycles. The van der Waals surface area contributed by atoms with Crippen LogP contribution in [0.2, 0.25) is 0 Å². The minimum Gasteiger partial charge on any atom is -0.360 e. The smallest absolute Gasteiger partial charge is 0.205 e. The Kier molecular flexibility index (Phi) is 6.32. The molecule has 14 heavy (non-hydrogen) atoms. The SMILES string of the molecule is CCCCCCCCNc1nncs1. The lowest BCUT2D eigenvalue weighted by Crippen LogP contribution is -2.00. The van der Waals surface area contributed by atoms with Gasteiger partial charge >= 0.3 is 0 Å². The lowest BCUT2D eigenvalue weighted by molar-refractivity contribution is 0.617. The van der Waals surface area contributed by atoms with Gasteiger partial charge in [0.1, 0.15) is 5.51 Å². The van der Waals surface area contributed by atoms with E-state index in [0.29, 0.717) is 0 Å². The minimum atomic E-state index is 0.943. The Morgan fingerprint density at radius 1 is 1.21 bits per heavy atom. The fraction of sp³-hybridized carbons (Fsp3) is 0.800. The van der Waals surface area contributed by atoms with Crippen LogP contribution in [-0.2, 0) is 0 Å². The van der Waals surface area contributed by atoms with Gasteiger partial charge in [0.25, 0.3) is 0 Å². The molecule has 0 radical (unpaired) electrons. The van der Waals surface area contributed by atoms with E-state index in [1.807, 2.05) is 0 Å². The van der Waals surface area contributed by atoms with E-state index in [-0.39, 0.29) is 0 Å². The molecule has 0 aliphatic heterocycles. The first-order valence-corrected chi connectivity index (χ1v) is 6.31. The Balaban J connectivity index is 1.85. The molecule has 0 amide bonds. The summed E-state index contributed by atoms with van der Waals surface area (Å²) in [7, 11) is 0. The largest absolute Gasteiger partial charge is 0.360 e. The number of aromatic nitrogens is 2. The number of nitrogens with one attached hydrogen (secondary N) is 1. The van der Waals surface area contributed by atoms with Crippen molar-refractivity contribution in [2.75, 3.05) is 11.9 Å². The van der Waals surface area contributed by atoms with Crippen LogP contribution in [0.25, 0.3) is 0 Å². The summed E-state index contributed by atoms with van der Waals surface area (Å²) in [5.41, 5.74) is 1.75. The van der Waals surface area contributed by atoms with Gasteiger partial charge in [-0.25, -0.2) is 0 Å². The van der Waals surface area contributed by atoms with E-state index in [2.05, 4.69) is 22.4 Å². The highest BCUT2D eigenvalue weighted by molar-refractivity contribution is 7.13. The van der Waals surface area contributed by atoms with Crippen molar-refractivity contribution in [3.8, 4) is 0 Å². The molecular weight excluding hydrogens is 194 g/mol. The highest BCUT2D eigenvalue weighted by atomic mass is 32.1. The molecule has 0 saturated carbocycles. The van der Waals surface area contributed by atoms with Crippen LogP contribution in [0.4, 0.5) is 5.13 Å². The molecule has 80 valence electrons. The fourth-order valence-corrected chi connectivity index (χ4v) is 1.82. The van der Waals surface area contributed by atoms with E-state index >= 15 is 0 Å². The lowest BCUT2D eigenvalue weighted by atomic mass is 10.1. The second-order valence-electron chi connectivity index (χ2n) is 3.44. The highest BCUT2D eigenvalue weighted by Crippen LogP contribution is 2.09. The Hall–Kier alpha value is -0.640. The van der Waals surface area contributed by atoms with Crippen LogP contribution in [0.1, 0.15) is 45.4 Å². The maximum Gasteiger partial charge on any atom is 0.205 e. The topological polar surface area (TPSA) is 37.8 Å². The van der Waals surface area contributed by atoms with Crippen molar-refractivity contribution in [3.63, 3.8) is 0 Å². The second kappa shape index (κ2) is 7.74. The molecule has 0 atom stereocenters. The summed E-state index contributed by atoms with van der Waals surface area (Å²) in [5, 5.41) is 11.9. The molecule has 0 bridgehead atoms. The van der Waals surface area contributed by atoms with Crippen molar-refractivity contribution in [1.29, 1.82) is 0 Å². The maximum absolute atomic E-state index is 3.92. The molecule has 0 spiro atoms. The Bertz CT molecular complexity index is 211. The van der Waals surface area contributed by atoms with E-state index in [0.717, 1.165) is 11.7 Å². The predicted molar refractivity (Wildman–Crippen MR) is 61.8 cm³/mol. The highest BCUT2D eigenvalue weighted by Gasteiger charge is 1.94. The zero-order chi connectivity index (χ0) is 10.1. The van der Waals surface area contributed by atoms with E-state index in [4.69, 9.17) is 0 Å². The van der Waals surface area contributed by atoms with Crippen molar-refractivity contribution in [2.24, 2.45) is 0 Å². The lowest BCUT2D eigenvalue weighted by Gasteiger charge is -2.01. The summed E-state index contributed by atoms with van der Waals surface area (Å²) >= 11 is 1.56. The molecular formula is C10H19N3S. The molecule has 3 nitrogen and oxygen atoms in total. The summed E-state index contributed by atoms with van der Waals surface area (Å²) in [6, 6.07) is 0. The molecule has 1 rings (SSSR count). The van der Waals surface area contributed by atoms with E-state index in [1.165, 1.54) is 38.5 Å². The second-order valence-corrected chi connectivity index (χ2v) is 4.27. The first-order chi connectivity index (χ1) is 6.93. The van der Waals surface area contributed by atoms with Crippen LogP contribution in [0.15, 0.2) is 5.51 Å². The molecule has 4 heteroatoms. The number of unbranched alkanes of at least 4 members (excludes halogenated alkanes) is 5. The van der Waals surface area contributed by atoms with Gasteiger partial charge in [-0.2, -0.15) is 0 Å². The van der Waals surface area contributed by atoms with Crippen molar-refractivity contribution in [3.05, 3.63) is 5.51 Å².